The predicted octanol–water partition coefficient (Wildman–Crippen LogP) is 1.54. The first-order chi connectivity index (χ1) is 8.45. The molecule has 0 radical (unpaired) electrons. The van der Waals surface area contributed by atoms with Gasteiger partial charge in [-0.2, -0.15) is 5.48 Å². The molecular formula is C12H16ClNO4. The van der Waals surface area contributed by atoms with Crippen molar-refractivity contribution in [3.63, 3.8) is 0 Å². The van der Waals surface area contributed by atoms with Crippen LogP contribution in [-0.4, -0.2) is 29.8 Å². The zero-order chi connectivity index (χ0) is 13.6. The van der Waals surface area contributed by atoms with Crippen LogP contribution in [0.15, 0.2) is 24.3 Å². The van der Waals surface area contributed by atoms with Gasteiger partial charge in [0.2, 0.25) is 5.60 Å². The Hall–Kier alpha value is -1.30. The van der Waals surface area contributed by atoms with E-state index in [-0.39, 0.29) is 13.2 Å². The van der Waals surface area contributed by atoms with Crippen LogP contribution in [0.3, 0.4) is 0 Å². The van der Waals surface area contributed by atoms with E-state index in [1.165, 1.54) is 0 Å². The summed E-state index contributed by atoms with van der Waals surface area (Å²) in [5, 5.41) is 9.14. The monoisotopic (exact) mass is 273 g/mol. The number of carbonyl (C=O) groups excluding carboxylic acids is 1. The molecule has 0 saturated heterocycles. The second-order valence-electron chi connectivity index (χ2n) is 4.07. The molecule has 0 bridgehead atoms. The first-order valence-electron chi connectivity index (χ1n) is 5.45. The summed E-state index contributed by atoms with van der Waals surface area (Å²) in [7, 11) is 0. The Morgan fingerprint density at radius 2 is 2.00 bits per heavy atom. The lowest BCUT2D eigenvalue weighted by atomic mass is 10.1. The standard InChI is InChI=1S/C12H16ClNO4/c1-12(2,11(16)18-14-7-8-15)17-10-5-3-9(13)4-6-10/h3-6,14-15H,7-8H2,1-2H3. The second kappa shape index (κ2) is 6.58. The topological polar surface area (TPSA) is 67.8 Å². The van der Waals surface area contributed by atoms with Gasteiger partial charge in [-0.15, -0.1) is 0 Å². The van der Waals surface area contributed by atoms with E-state index in [9.17, 15) is 4.79 Å². The number of rotatable bonds is 6. The second-order valence-corrected chi connectivity index (χ2v) is 4.51. The SMILES string of the molecule is CC(C)(Oc1ccc(Cl)cc1)C(=O)ONCCO. The van der Waals surface area contributed by atoms with E-state index in [2.05, 4.69) is 5.48 Å². The lowest BCUT2D eigenvalue weighted by Crippen LogP contribution is -2.42. The molecule has 0 unspecified atom stereocenters. The van der Waals surface area contributed by atoms with Crippen molar-refractivity contribution in [3.05, 3.63) is 29.3 Å². The molecule has 0 aromatic heterocycles. The lowest BCUT2D eigenvalue weighted by molar-refractivity contribution is -0.167. The first-order valence-corrected chi connectivity index (χ1v) is 5.83. The summed E-state index contributed by atoms with van der Waals surface area (Å²) in [6.45, 7) is 3.23. The number of aliphatic hydroxyl groups is 1. The number of aliphatic hydroxyl groups excluding tert-OH is 1. The number of carbonyl (C=O) groups is 1. The highest BCUT2D eigenvalue weighted by Crippen LogP contribution is 2.21. The van der Waals surface area contributed by atoms with E-state index in [0.29, 0.717) is 10.8 Å². The van der Waals surface area contributed by atoms with Crippen molar-refractivity contribution in [3.8, 4) is 5.75 Å². The third kappa shape index (κ3) is 4.52. The van der Waals surface area contributed by atoms with Crippen molar-refractivity contribution < 1.29 is 19.5 Å². The quantitative estimate of drug-likeness (QED) is 0.608. The first kappa shape index (κ1) is 14.8. The van der Waals surface area contributed by atoms with Gasteiger partial charge in [-0.1, -0.05) is 11.6 Å². The molecule has 0 heterocycles. The Morgan fingerprint density at radius 3 is 2.56 bits per heavy atom. The van der Waals surface area contributed by atoms with Crippen molar-refractivity contribution in [1.29, 1.82) is 0 Å². The molecule has 100 valence electrons. The fraction of sp³-hybridized carbons (Fsp3) is 0.417. The zero-order valence-corrected chi connectivity index (χ0v) is 11.0. The molecular weight excluding hydrogens is 258 g/mol. The average Bonchev–Trinajstić information content (AvgIpc) is 2.32. The van der Waals surface area contributed by atoms with Crippen molar-refractivity contribution in [1.82, 2.24) is 5.48 Å². The van der Waals surface area contributed by atoms with E-state index < -0.39 is 11.6 Å². The molecule has 0 amide bonds. The minimum atomic E-state index is -1.14. The van der Waals surface area contributed by atoms with Gasteiger partial charge in [0.15, 0.2) is 0 Å². The lowest BCUT2D eigenvalue weighted by Gasteiger charge is -2.23. The van der Waals surface area contributed by atoms with Gasteiger partial charge in [0.25, 0.3) is 0 Å². The van der Waals surface area contributed by atoms with Crippen molar-refractivity contribution >= 4 is 17.6 Å². The highest BCUT2D eigenvalue weighted by molar-refractivity contribution is 6.30. The van der Waals surface area contributed by atoms with Crippen LogP contribution in [0.25, 0.3) is 0 Å². The molecule has 1 rings (SSSR count). The van der Waals surface area contributed by atoms with Gasteiger partial charge < -0.3 is 14.7 Å². The maximum Gasteiger partial charge on any atom is 0.368 e. The fourth-order valence-corrected chi connectivity index (χ4v) is 1.25. The van der Waals surface area contributed by atoms with Crippen molar-refractivity contribution in [2.24, 2.45) is 0 Å². The number of nitrogens with one attached hydrogen (secondary N) is 1. The highest BCUT2D eigenvalue weighted by atomic mass is 35.5. The van der Waals surface area contributed by atoms with Gasteiger partial charge in [0.05, 0.1) is 13.2 Å². The number of benzene rings is 1. The van der Waals surface area contributed by atoms with Crippen molar-refractivity contribution in [2.75, 3.05) is 13.2 Å². The smallest absolute Gasteiger partial charge is 0.368 e. The molecule has 1 aromatic carbocycles. The van der Waals surface area contributed by atoms with Crippen LogP contribution in [-0.2, 0) is 9.63 Å². The summed E-state index contributed by atoms with van der Waals surface area (Å²) >= 11 is 5.75. The van der Waals surface area contributed by atoms with E-state index in [1.807, 2.05) is 0 Å². The summed E-state index contributed by atoms with van der Waals surface area (Å²) in [4.78, 5) is 16.4. The van der Waals surface area contributed by atoms with Crippen LogP contribution in [0.5, 0.6) is 5.75 Å². The molecule has 0 fully saturated rings. The summed E-state index contributed by atoms with van der Waals surface area (Å²) in [5.74, 6) is -0.0607. The highest BCUT2D eigenvalue weighted by Gasteiger charge is 2.32. The van der Waals surface area contributed by atoms with E-state index in [1.54, 1.807) is 38.1 Å². The predicted molar refractivity (Wildman–Crippen MR) is 67.3 cm³/mol. The Balaban J connectivity index is 2.57. The molecule has 2 N–H and O–H groups in total. The van der Waals surface area contributed by atoms with Gasteiger partial charge in [-0.25, -0.2) is 4.79 Å². The van der Waals surface area contributed by atoms with Crippen LogP contribution < -0.4 is 10.2 Å². The fourth-order valence-electron chi connectivity index (χ4n) is 1.12. The molecule has 0 atom stereocenters. The molecule has 0 spiro atoms. The number of ether oxygens (including phenoxy) is 1. The Kier molecular flexibility index (Phi) is 5.40. The molecule has 1 aromatic rings. The molecule has 0 aliphatic carbocycles. The molecule has 0 aliphatic rings. The van der Waals surface area contributed by atoms with E-state index in [0.717, 1.165) is 0 Å². The van der Waals surface area contributed by atoms with E-state index in [4.69, 9.17) is 26.3 Å². The summed E-state index contributed by atoms with van der Waals surface area (Å²) in [6.07, 6.45) is 0. The van der Waals surface area contributed by atoms with Crippen LogP contribution >= 0.6 is 11.6 Å². The number of hydroxylamine groups is 1. The van der Waals surface area contributed by atoms with Gasteiger partial charge in [0.1, 0.15) is 5.75 Å². The van der Waals surface area contributed by atoms with Crippen molar-refractivity contribution in [2.45, 2.75) is 19.4 Å². The maximum atomic E-state index is 11.7. The average molecular weight is 274 g/mol. The maximum absolute atomic E-state index is 11.7. The molecule has 18 heavy (non-hydrogen) atoms. The normalized spacial score (nSPS) is 11.1. The van der Waals surface area contributed by atoms with E-state index >= 15 is 0 Å². The third-order valence-electron chi connectivity index (χ3n) is 2.06. The Morgan fingerprint density at radius 1 is 1.39 bits per heavy atom. The molecule has 6 heteroatoms. The van der Waals surface area contributed by atoms with Gasteiger partial charge >= 0.3 is 5.97 Å². The molecule has 0 saturated carbocycles. The van der Waals surface area contributed by atoms with Gasteiger partial charge in [0, 0.05) is 5.02 Å². The van der Waals surface area contributed by atoms with Crippen LogP contribution in [0.4, 0.5) is 0 Å². The number of halogens is 1. The van der Waals surface area contributed by atoms with Crippen LogP contribution in [0, 0.1) is 0 Å². The van der Waals surface area contributed by atoms with Crippen LogP contribution in [0.2, 0.25) is 5.02 Å². The summed E-state index contributed by atoms with van der Waals surface area (Å²) in [6, 6.07) is 6.67. The van der Waals surface area contributed by atoms with Gasteiger partial charge in [-0.05, 0) is 38.1 Å². The minimum absolute atomic E-state index is 0.119. The third-order valence-corrected chi connectivity index (χ3v) is 2.31. The minimum Gasteiger partial charge on any atom is -0.476 e. The summed E-state index contributed by atoms with van der Waals surface area (Å²) < 4.78 is 5.51. The van der Waals surface area contributed by atoms with Crippen LogP contribution in [0.1, 0.15) is 13.8 Å². The molecule has 0 aliphatic heterocycles. The van der Waals surface area contributed by atoms with Gasteiger partial charge in [-0.3, -0.25) is 0 Å². The zero-order valence-electron chi connectivity index (χ0n) is 10.3. The summed E-state index contributed by atoms with van der Waals surface area (Å²) in [5.41, 5.74) is 1.19. The Labute approximate surface area is 111 Å². The largest absolute Gasteiger partial charge is 0.476 e. The number of hydrogen-bond donors (Lipinski definition) is 2. The number of hydrogen-bond acceptors (Lipinski definition) is 5. The Bertz CT molecular complexity index is 392. The molecule has 5 nitrogen and oxygen atoms in total.